The van der Waals surface area contributed by atoms with E-state index in [1.165, 1.54) is 11.3 Å². The predicted octanol–water partition coefficient (Wildman–Crippen LogP) is 2.54. The number of aromatic nitrogens is 2. The summed E-state index contributed by atoms with van der Waals surface area (Å²) in [4.78, 5) is 20.7. The zero-order valence-electron chi connectivity index (χ0n) is 9.19. The summed E-state index contributed by atoms with van der Waals surface area (Å²) in [6.45, 7) is 3.49. The van der Waals surface area contributed by atoms with Crippen LogP contribution in [-0.2, 0) is 4.79 Å². The number of carbonyl (C=O) groups is 1. The average Bonchev–Trinajstić information content (AvgIpc) is 2.58. The third-order valence-corrected chi connectivity index (χ3v) is 3.33. The minimum atomic E-state index is -0.945. The highest BCUT2D eigenvalue weighted by atomic mass is 35.5. The highest BCUT2D eigenvalue weighted by Crippen LogP contribution is 2.29. The fourth-order valence-electron chi connectivity index (χ4n) is 1.39. The summed E-state index contributed by atoms with van der Waals surface area (Å²) in [7, 11) is 0. The summed E-state index contributed by atoms with van der Waals surface area (Å²) in [5.41, 5.74) is 0. The van der Waals surface area contributed by atoms with Crippen LogP contribution in [0.25, 0.3) is 10.2 Å². The lowest BCUT2D eigenvalue weighted by Gasteiger charge is -2.10. The molecule has 2 heterocycles. The molecule has 2 N–H and O–H groups in total. The number of rotatable bonds is 3. The van der Waals surface area contributed by atoms with Crippen molar-refractivity contribution >= 4 is 44.9 Å². The molecule has 1 unspecified atom stereocenters. The Balaban J connectivity index is 2.48. The van der Waals surface area contributed by atoms with Gasteiger partial charge in [0.25, 0.3) is 0 Å². The molecule has 0 bridgehead atoms. The van der Waals surface area contributed by atoms with Crippen LogP contribution in [0.5, 0.6) is 0 Å². The molecule has 0 saturated heterocycles. The number of anilines is 1. The molecule has 2 aromatic heterocycles. The Morgan fingerprint density at radius 2 is 2.29 bits per heavy atom. The molecule has 0 aliphatic rings. The van der Waals surface area contributed by atoms with Gasteiger partial charge in [-0.1, -0.05) is 0 Å². The Kier molecular flexibility index (Phi) is 3.17. The maximum atomic E-state index is 10.8. The molecule has 1 atom stereocenters. The third-order valence-electron chi connectivity index (χ3n) is 2.21. The Bertz CT molecular complexity index is 584. The van der Waals surface area contributed by atoms with E-state index in [0.29, 0.717) is 5.82 Å². The molecule has 2 rings (SSSR count). The van der Waals surface area contributed by atoms with E-state index in [9.17, 15) is 4.79 Å². The van der Waals surface area contributed by atoms with Gasteiger partial charge in [0.1, 0.15) is 16.7 Å². The van der Waals surface area contributed by atoms with Crippen LogP contribution in [0, 0.1) is 6.92 Å². The van der Waals surface area contributed by atoms with Crippen molar-refractivity contribution in [3.63, 3.8) is 0 Å². The van der Waals surface area contributed by atoms with E-state index >= 15 is 0 Å². The van der Waals surface area contributed by atoms with Gasteiger partial charge in [-0.2, -0.15) is 0 Å². The maximum Gasteiger partial charge on any atom is 0.325 e. The Hall–Kier alpha value is -1.40. The molecule has 0 saturated carbocycles. The van der Waals surface area contributed by atoms with E-state index in [-0.39, 0.29) is 5.28 Å². The Morgan fingerprint density at radius 3 is 2.94 bits per heavy atom. The van der Waals surface area contributed by atoms with Gasteiger partial charge < -0.3 is 10.4 Å². The number of carboxylic acid groups (broad SMARTS) is 1. The normalized spacial score (nSPS) is 12.6. The molecule has 2 aromatic rings. The second-order valence-electron chi connectivity index (χ2n) is 3.62. The largest absolute Gasteiger partial charge is 0.480 e. The minimum Gasteiger partial charge on any atom is -0.480 e. The number of aryl methyl sites for hydroxylation is 1. The molecule has 0 aliphatic carbocycles. The van der Waals surface area contributed by atoms with Crippen molar-refractivity contribution in [3.8, 4) is 0 Å². The van der Waals surface area contributed by atoms with Gasteiger partial charge in [-0.05, 0) is 31.5 Å². The van der Waals surface area contributed by atoms with Gasteiger partial charge in [0.15, 0.2) is 0 Å². The van der Waals surface area contributed by atoms with Crippen molar-refractivity contribution in [2.45, 2.75) is 19.9 Å². The van der Waals surface area contributed by atoms with Gasteiger partial charge in [-0.25, -0.2) is 9.97 Å². The first kappa shape index (κ1) is 12.1. The van der Waals surface area contributed by atoms with E-state index in [4.69, 9.17) is 16.7 Å². The van der Waals surface area contributed by atoms with E-state index in [2.05, 4.69) is 15.3 Å². The lowest BCUT2D eigenvalue weighted by atomic mass is 10.3. The van der Waals surface area contributed by atoms with Gasteiger partial charge in [0.2, 0.25) is 5.28 Å². The van der Waals surface area contributed by atoms with E-state index < -0.39 is 12.0 Å². The fourth-order valence-corrected chi connectivity index (χ4v) is 2.49. The summed E-state index contributed by atoms with van der Waals surface area (Å²) in [5, 5.41) is 12.6. The maximum absolute atomic E-state index is 10.8. The summed E-state index contributed by atoms with van der Waals surface area (Å²) in [6, 6.07) is 1.18. The van der Waals surface area contributed by atoms with Crippen LogP contribution in [0.3, 0.4) is 0 Å². The molecule has 0 spiro atoms. The van der Waals surface area contributed by atoms with Crippen LogP contribution in [0.2, 0.25) is 5.28 Å². The summed E-state index contributed by atoms with van der Waals surface area (Å²) >= 11 is 7.29. The number of nitrogens with one attached hydrogen (secondary N) is 1. The van der Waals surface area contributed by atoms with Crippen molar-refractivity contribution in [1.29, 1.82) is 0 Å². The molecule has 0 aliphatic heterocycles. The first-order valence-electron chi connectivity index (χ1n) is 4.90. The second-order valence-corrected chi connectivity index (χ2v) is 5.19. The predicted molar refractivity (Wildman–Crippen MR) is 67.9 cm³/mol. The number of halogens is 1. The lowest BCUT2D eigenvalue weighted by Crippen LogP contribution is -2.26. The fraction of sp³-hybridized carbons (Fsp3) is 0.300. The number of nitrogens with zero attached hydrogens (tertiary/aromatic N) is 2. The van der Waals surface area contributed by atoms with E-state index in [0.717, 1.165) is 15.1 Å². The number of carboxylic acids is 1. The first-order chi connectivity index (χ1) is 7.97. The van der Waals surface area contributed by atoms with Crippen molar-refractivity contribution < 1.29 is 9.90 Å². The molecule has 0 radical (unpaired) electrons. The molecule has 0 fully saturated rings. The molecule has 17 heavy (non-hydrogen) atoms. The Labute approximate surface area is 106 Å². The topological polar surface area (TPSA) is 75.1 Å². The molecule has 5 nitrogen and oxygen atoms in total. The van der Waals surface area contributed by atoms with Crippen LogP contribution in [-0.4, -0.2) is 27.1 Å². The molecule has 0 aromatic carbocycles. The number of hydrogen-bond acceptors (Lipinski definition) is 5. The van der Waals surface area contributed by atoms with E-state index in [1.807, 2.05) is 13.0 Å². The zero-order valence-corrected chi connectivity index (χ0v) is 10.8. The number of fused-ring (bicyclic) bond motifs is 1. The van der Waals surface area contributed by atoms with Crippen LogP contribution in [0.1, 0.15) is 11.8 Å². The van der Waals surface area contributed by atoms with Gasteiger partial charge in [0, 0.05) is 4.88 Å². The van der Waals surface area contributed by atoms with Gasteiger partial charge in [-0.15, -0.1) is 11.3 Å². The summed E-state index contributed by atoms with van der Waals surface area (Å²) in [6.07, 6.45) is 0. The van der Waals surface area contributed by atoms with Crippen molar-refractivity contribution in [2.75, 3.05) is 5.32 Å². The summed E-state index contributed by atoms with van der Waals surface area (Å²) < 4.78 is 0. The molecule has 7 heteroatoms. The molecule has 0 amide bonds. The quantitative estimate of drug-likeness (QED) is 0.839. The van der Waals surface area contributed by atoms with Gasteiger partial charge in [-0.3, -0.25) is 4.79 Å². The first-order valence-corrected chi connectivity index (χ1v) is 6.10. The van der Waals surface area contributed by atoms with Crippen molar-refractivity contribution in [3.05, 3.63) is 16.2 Å². The number of thiophene rings is 1. The van der Waals surface area contributed by atoms with Crippen LogP contribution in [0.4, 0.5) is 5.82 Å². The smallest absolute Gasteiger partial charge is 0.325 e. The highest BCUT2D eigenvalue weighted by Gasteiger charge is 2.15. The minimum absolute atomic E-state index is 0.111. The van der Waals surface area contributed by atoms with Crippen molar-refractivity contribution in [1.82, 2.24) is 9.97 Å². The molecule has 90 valence electrons. The number of hydrogen-bond donors (Lipinski definition) is 2. The molecular formula is C10H10ClN3O2S. The van der Waals surface area contributed by atoms with Gasteiger partial charge >= 0.3 is 5.97 Å². The van der Waals surface area contributed by atoms with Crippen LogP contribution < -0.4 is 5.32 Å². The van der Waals surface area contributed by atoms with Crippen LogP contribution in [0.15, 0.2) is 6.07 Å². The number of aliphatic carboxylic acids is 1. The van der Waals surface area contributed by atoms with E-state index in [1.54, 1.807) is 6.92 Å². The van der Waals surface area contributed by atoms with Gasteiger partial charge in [0.05, 0.1) is 5.39 Å². The van der Waals surface area contributed by atoms with Crippen LogP contribution >= 0.6 is 22.9 Å². The SMILES string of the molecule is Cc1cc2c(NC(C)C(=O)O)nc(Cl)nc2s1. The monoisotopic (exact) mass is 271 g/mol. The lowest BCUT2D eigenvalue weighted by molar-refractivity contribution is -0.137. The Morgan fingerprint density at radius 1 is 1.59 bits per heavy atom. The highest BCUT2D eigenvalue weighted by molar-refractivity contribution is 7.18. The third kappa shape index (κ3) is 2.48. The zero-order chi connectivity index (χ0) is 12.6. The average molecular weight is 272 g/mol. The van der Waals surface area contributed by atoms with Crippen molar-refractivity contribution in [2.24, 2.45) is 0 Å². The summed E-state index contributed by atoms with van der Waals surface area (Å²) in [5.74, 6) is -0.487. The molecular weight excluding hydrogens is 262 g/mol. The second kappa shape index (κ2) is 4.46. The standard InChI is InChI=1S/C10H10ClN3O2S/c1-4-3-6-7(12-5(2)9(15)16)13-10(11)14-8(6)17-4/h3,5H,1-2H3,(H,15,16)(H,12,13,14).